The SMILES string of the molecule is CC(c1ccncc1)N1CCC(NC(=O)CC2(O)CCCCC2)CC1. The Hall–Kier alpha value is -1.46. The van der Waals surface area contributed by atoms with Gasteiger partial charge in [-0.25, -0.2) is 0 Å². The van der Waals surface area contributed by atoms with E-state index in [9.17, 15) is 9.90 Å². The van der Waals surface area contributed by atoms with Gasteiger partial charge in [-0.2, -0.15) is 0 Å². The van der Waals surface area contributed by atoms with Gasteiger partial charge in [0.15, 0.2) is 0 Å². The summed E-state index contributed by atoms with van der Waals surface area (Å²) < 4.78 is 0. The minimum absolute atomic E-state index is 0.0185. The van der Waals surface area contributed by atoms with E-state index in [0.717, 1.165) is 51.6 Å². The molecule has 1 aliphatic carbocycles. The van der Waals surface area contributed by atoms with Gasteiger partial charge in [-0.15, -0.1) is 0 Å². The van der Waals surface area contributed by atoms with E-state index >= 15 is 0 Å². The Bertz CT molecular complexity index is 549. The predicted molar refractivity (Wildman–Crippen MR) is 98.0 cm³/mol. The molecule has 0 bridgehead atoms. The Kier molecular flexibility index (Phi) is 6.07. The van der Waals surface area contributed by atoms with E-state index in [-0.39, 0.29) is 18.4 Å². The van der Waals surface area contributed by atoms with E-state index in [1.54, 1.807) is 0 Å². The molecule has 138 valence electrons. The molecule has 1 amide bonds. The Morgan fingerprint density at radius 1 is 1.28 bits per heavy atom. The molecule has 1 atom stereocenters. The van der Waals surface area contributed by atoms with Crippen LogP contribution < -0.4 is 5.32 Å². The largest absolute Gasteiger partial charge is 0.389 e. The fourth-order valence-electron chi connectivity index (χ4n) is 4.25. The van der Waals surface area contributed by atoms with Crippen molar-refractivity contribution in [1.82, 2.24) is 15.2 Å². The second-order valence-electron chi connectivity index (χ2n) is 7.80. The maximum absolute atomic E-state index is 12.3. The summed E-state index contributed by atoms with van der Waals surface area (Å²) in [6.07, 6.45) is 10.7. The average molecular weight is 345 g/mol. The van der Waals surface area contributed by atoms with E-state index in [2.05, 4.69) is 34.3 Å². The molecule has 0 radical (unpaired) electrons. The maximum atomic E-state index is 12.3. The monoisotopic (exact) mass is 345 g/mol. The minimum atomic E-state index is -0.765. The summed E-state index contributed by atoms with van der Waals surface area (Å²) in [7, 11) is 0. The van der Waals surface area contributed by atoms with Crippen LogP contribution in [-0.4, -0.2) is 45.6 Å². The van der Waals surface area contributed by atoms with Crippen LogP contribution in [0.2, 0.25) is 0 Å². The van der Waals surface area contributed by atoms with Crippen molar-refractivity contribution in [1.29, 1.82) is 0 Å². The fourth-order valence-corrected chi connectivity index (χ4v) is 4.25. The zero-order valence-electron chi connectivity index (χ0n) is 15.3. The highest BCUT2D eigenvalue weighted by Crippen LogP contribution is 2.31. The molecule has 0 spiro atoms. The summed E-state index contributed by atoms with van der Waals surface area (Å²) in [5.74, 6) is 0.0185. The van der Waals surface area contributed by atoms with Crippen LogP contribution in [0, 0.1) is 0 Å². The third-order valence-electron chi connectivity index (χ3n) is 5.90. The van der Waals surface area contributed by atoms with Gasteiger partial charge in [-0.1, -0.05) is 19.3 Å². The van der Waals surface area contributed by atoms with E-state index in [4.69, 9.17) is 0 Å². The van der Waals surface area contributed by atoms with Gasteiger partial charge in [0.25, 0.3) is 0 Å². The third-order valence-corrected chi connectivity index (χ3v) is 5.90. The molecule has 2 heterocycles. The number of hydrogen-bond donors (Lipinski definition) is 2. The van der Waals surface area contributed by atoms with Crippen molar-refractivity contribution in [3.63, 3.8) is 0 Å². The first-order chi connectivity index (χ1) is 12.1. The second kappa shape index (κ2) is 8.28. The molecule has 1 saturated heterocycles. The smallest absolute Gasteiger partial charge is 0.223 e. The highest BCUT2D eigenvalue weighted by Gasteiger charge is 2.33. The number of piperidine rings is 1. The highest BCUT2D eigenvalue weighted by atomic mass is 16.3. The Morgan fingerprint density at radius 2 is 1.92 bits per heavy atom. The number of carbonyl (C=O) groups is 1. The molecular weight excluding hydrogens is 314 g/mol. The number of aliphatic hydroxyl groups is 1. The third kappa shape index (κ3) is 5.02. The molecule has 25 heavy (non-hydrogen) atoms. The average Bonchev–Trinajstić information content (AvgIpc) is 2.62. The lowest BCUT2D eigenvalue weighted by atomic mass is 9.82. The summed E-state index contributed by atoms with van der Waals surface area (Å²) in [4.78, 5) is 18.9. The van der Waals surface area contributed by atoms with E-state index in [0.29, 0.717) is 6.04 Å². The lowest BCUT2D eigenvalue weighted by Gasteiger charge is -2.37. The van der Waals surface area contributed by atoms with Gasteiger partial charge in [0.2, 0.25) is 5.91 Å². The van der Waals surface area contributed by atoms with Gasteiger partial charge in [-0.05, 0) is 50.3 Å². The lowest BCUT2D eigenvalue weighted by Crippen LogP contribution is -2.47. The summed E-state index contributed by atoms with van der Waals surface area (Å²) in [6, 6.07) is 4.76. The molecule has 5 nitrogen and oxygen atoms in total. The van der Waals surface area contributed by atoms with Crippen molar-refractivity contribution in [3.8, 4) is 0 Å². The molecule has 3 rings (SSSR count). The Morgan fingerprint density at radius 3 is 2.56 bits per heavy atom. The number of hydrogen-bond acceptors (Lipinski definition) is 4. The number of rotatable bonds is 5. The van der Waals surface area contributed by atoms with Gasteiger partial charge < -0.3 is 10.4 Å². The van der Waals surface area contributed by atoms with Gasteiger partial charge in [0.05, 0.1) is 12.0 Å². The normalized spacial score (nSPS) is 23.1. The molecule has 2 N–H and O–H groups in total. The maximum Gasteiger partial charge on any atom is 0.223 e. The molecular formula is C20H31N3O2. The summed E-state index contributed by atoms with van der Waals surface area (Å²) >= 11 is 0. The quantitative estimate of drug-likeness (QED) is 0.861. The Balaban J connectivity index is 1.44. The van der Waals surface area contributed by atoms with Gasteiger partial charge in [-0.3, -0.25) is 14.7 Å². The van der Waals surface area contributed by atoms with Crippen LogP contribution in [-0.2, 0) is 4.79 Å². The topological polar surface area (TPSA) is 65.5 Å². The zero-order chi connectivity index (χ0) is 17.7. The number of nitrogens with zero attached hydrogens (tertiary/aromatic N) is 2. The first kappa shape index (κ1) is 18.3. The summed E-state index contributed by atoms with van der Waals surface area (Å²) in [5.41, 5.74) is 0.524. The van der Waals surface area contributed by atoms with Crippen LogP contribution >= 0.6 is 0 Å². The van der Waals surface area contributed by atoms with Crippen LogP contribution in [0.4, 0.5) is 0 Å². The fraction of sp³-hybridized carbons (Fsp3) is 0.700. The molecule has 0 aromatic carbocycles. The second-order valence-corrected chi connectivity index (χ2v) is 7.80. The molecule has 2 fully saturated rings. The van der Waals surface area contributed by atoms with Crippen molar-refractivity contribution in [3.05, 3.63) is 30.1 Å². The number of carbonyl (C=O) groups excluding carboxylic acids is 1. The lowest BCUT2D eigenvalue weighted by molar-refractivity contribution is -0.128. The minimum Gasteiger partial charge on any atom is -0.389 e. The van der Waals surface area contributed by atoms with E-state index < -0.39 is 5.60 Å². The van der Waals surface area contributed by atoms with Crippen LogP contribution in [0.3, 0.4) is 0 Å². The number of nitrogens with one attached hydrogen (secondary N) is 1. The van der Waals surface area contributed by atoms with Crippen molar-refractivity contribution < 1.29 is 9.90 Å². The first-order valence-electron chi connectivity index (χ1n) is 9.71. The molecule has 2 aliphatic rings. The predicted octanol–water partition coefficient (Wildman–Crippen LogP) is 2.81. The molecule has 1 aromatic heterocycles. The van der Waals surface area contributed by atoms with Crippen LogP contribution in [0.5, 0.6) is 0 Å². The molecule has 1 aromatic rings. The number of amides is 1. The summed E-state index contributed by atoms with van der Waals surface area (Å²) in [6.45, 7) is 4.20. The molecule has 5 heteroatoms. The molecule has 1 unspecified atom stereocenters. The van der Waals surface area contributed by atoms with Crippen LogP contribution in [0.25, 0.3) is 0 Å². The van der Waals surface area contributed by atoms with Gasteiger partial charge in [0.1, 0.15) is 0 Å². The number of likely N-dealkylation sites (tertiary alicyclic amines) is 1. The summed E-state index contributed by atoms with van der Waals surface area (Å²) in [5, 5.41) is 13.7. The van der Waals surface area contributed by atoms with E-state index in [1.165, 1.54) is 12.0 Å². The van der Waals surface area contributed by atoms with Crippen LogP contribution in [0.15, 0.2) is 24.5 Å². The molecule has 1 aliphatic heterocycles. The highest BCUT2D eigenvalue weighted by molar-refractivity contribution is 5.77. The first-order valence-corrected chi connectivity index (χ1v) is 9.71. The van der Waals surface area contributed by atoms with Gasteiger partial charge >= 0.3 is 0 Å². The van der Waals surface area contributed by atoms with Crippen LogP contribution in [0.1, 0.15) is 69.9 Å². The Labute approximate surface area is 150 Å². The van der Waals surface area contributed by atoms with E-state index in [1.807, 2.05) is 12.4 Å². The number of aromatic nitrogens is 1. The number of pyridine rings is 1. The van der Waals surface area contributed by atoms with Gasteiger partial charge in [0, 0.05) is 37.6 Å². The van der Waals surface area contributed by atoms with Crippen molar-refractivity contribution in [2.45, 2.75) is 76.0 Å². The standard InChI is InChI=1S/C20H31N3O2/c1-16(17-5-11-21-12-6-17)23-13-7-18(8-14-23)22-19(24)15-20(25)9-3-2-4-10-20/h5-6,11-12,16,18,25H,2-4,7-10,13-15H2,1H3,(H,22,24). The van der Waals surface area contributed by atoms with Crippen molar-refractivity contribution in [2.75, 3.05) is 13.1 Å². The van der Waals surface area contributed by atoms with Crippen molar-refractivity contribution in [2.24, 2.45) is 0 Å². The molecule has 1 saturated carbocycles. The van der Waals surface area contributed by atoms with Crippen molar-refractivity contribution >= 4 is 5.91 Å². The zero-order valence-corrected chi connectivity index (χ0v) is 15.3.